The topological polar surface area (TPSA) is 53.6 Å². The van der Waals surface area contributed by atoms with Crippen molar-refractivity contribution in [2.45, 2.75) is 32.9 Å². The summed E-state index contributed by atoms with van der Waals surface area (Å²) in [6.45, 7) is 7.16. The van der Waals surface area contributed by atoms with Crippen LogP contribution in [0.3, 0.4) is 0 Å². The second kappa shape index (κ2) is 3.62. The predicted octanol–water partition coefficient (Wildman–Crippen LogP) is 1.85. The molecule has 0 radical (unpaired) electrons. The molecule has 0 atom stereocenters. The summed E-state index contributed by atoms with van der Waals surface area (Å²) in [4.78, 5) is 11.7. The molecule has 0 saturated carbocycles. The molecule has 0 unspecified atom stereocenters. The van der Waals surface area contributed by atoms with Crippen LogP contribution in [0.2, 0.25) is 0 Å². The lowest BCUT2D eigenvalue weighted by atomic mass is 10.1. The van der Waals surface area contributed by atoms with Crippen molar-refractivity contribution in [1.82, 2.24) is 20.3 Å². The molecule has 0 spiro atoms. The number of aromatic nitrogens is 3. The third kappa shape index (κ3) is 2.53. The van der Waals surface area contributed by atoms with E-state index in [4.69, 9.17) is 0 Å². The van der Waals surface area contributed by atoms with Gasteiger partial charge in [-0.1, -0.05) is 0 Å². The van der Waals surface area contributed by atoms with Crippen molar-refractivity contribution in [1.29, 1.82) is 0 Å². The highest BCUT2D eigenvalue weighted by Gasteiger charge is 2.10. The SMILES string of the molecule is CC(C)(C)NCc1nc2cnccc2[nH]1. The number of fused-ring (bicyclic) bond motifs is 1. The highest BCUT2D eigenvalue weighted by Crippen LogP contribution is 2.09. The predicted molar refractivity (Wildman–Crippen MR) is 60.5 cm³/mol. The van der Waals surface area contributed by atoms with E-state index in [1.54, 1.807) is 12.4 Å². The van der Waals surface area contributed by atoms with Gasteiger partial charge in [-0.15, -0.1) is 0 Å². The Kier molecular flexibility index (Phi) is 2.44. The lowest BCUT2D eigenvalue weighted by Gasteiger charge is -2.19. The van der Waals surface area contributed by atoms with Gasteiger partial charge in [0.25, 0.3) is 0 Å². The van der Waals surface area contributed by atoms with E-state index < -0.39 is 0 Å². The molecule has 2 aromatic rings. The maximum atomic E-state index is 4.44. The zero-order chi connectivity index (χ0) is 10.9. The zero-order valence-corrected chi connectivity index (χ0v) is 9.33. The van der Waals surface area contributed by atoms with Gasteiger partial charge >= 0.3 is 0 Å². The van der Waals surface area contributed by atoms with Gasteiger partial charge in [-0.25, -0.2) is 4.98 Å². The van der Waals surface area contributed by atoms with Crippen LogP contribution in [0.1, 0.15) is 26.6 Å². The number of aromatic amines is 1. The largest absolute Gasteiger partial charge is 0.341 e. The molecule has 0 aromatic carbocycles. The van der Waals surface area contributed by atoms with E-state index >= 15 is 0 Å². The minimum atomic E-state index is 0.108. The molecule has 0 aliphatic heterocycles. The Morgan fingerprint density at radius 2 is 2.20 bits per heavy atom. The summed E-state index contributed by atoms with van der Waals surface area (Å²) in [7, 11) is 0. The van der Waals surface area contributed by atoms with Gasteiger partial charge in [-0.3, -0.25) is 4.98 Å². The lowest BCUT2D eigenvalue weighted by molar-refractivity contribution is 0.419. The fourth-order valence-electron chi connectivity index (χ4n) is 1.34. The second-order valence-electron chi connectivity index (χ2n) is 4.68. The maximum absolute atomic E-state index is 4.44. The van der Waals surface area contributed by atoms with Crippen molar-refractivity contribution in [3.8, 4) is 0 Å². The van der Waals surface area contributed by atoms with Crippen molar-refractivity contribution in [2.75, 3.05) is 0 Å². The van der Waals surface area contributed by atoms with Crippen LogP contribution in [0.5, 0.6) is 0 Å². The standard InChI is InChI=1S/C11H16N4/c1-11(2,3)13-7-10-14-8-4-5-12-6-9(8)15-10/h4-6,13H,7H2,1-3H3,(H,14,15). The Morgan fingerprint density at radius 1 is 1.40 bits per heavy atom. The third-order valence-corrected chi connectivity index (χ3v) is 2.12. The Hall–Kier alpha value is -1.42. The van der Waals surface area contributed by atoms with Crippen molar-refractivity contribution in [3.63, 3.8) is 0 Å². The highest BCUT2D eigenvalue weighted by molar-refractivity contribution is 5.73. The molecule has 0 aliphatic carbocycles. The number of hydrogen-bond acceptors (Lipinski definition) is 3. The second-order valence-corrected chi connectivity index (χ2v) is 4.68. The molecule has 0 bridgehead atoms. The highest BCUT2D eigenvalue weighted by atomic mass is 15.0. The maximum Gasteiger partial charge on any atom is 0.121 e. The molecule has 2 heterocycles. The van der Waals surface area contributed by atoms with E-state index in [0.717, 1.165) is 23.4 Å². The lowest BCUT2D eigenvalue weighted by Crippen LogP contribution is -2.35. The fourth-order valence-corrected chi connectivity index (χ4v) is 1.34. The van der Waals surface area contributed by atoms with E-state index in [0.29, 0.717) is 0 Å². The quantitative estimate of drug-likeness (QED) is 0.785. The van der Waals surface area contributed by atoms with Crippen LogP contribution in [-0.4, -0.2) is 20.5 Å². The molecule has 0 saturated heterocycles. The van der Waals surface area contributed by atoms with Crippen molar-refractivity contribution < 1.29 is 0 Å². The van der Waals surface area contributed by atoms with E-state index in [9.17, 15) is 0 Å². The van der Waals surface area contributed by atoms with E-state index in [2.05, 4.69) is 41.0 Å². The van der Waals surface area contributed by atoms with Gasteiger partial charge in [-0.05, 0) is 26.8 Å². The number of rotatable bonds is 2. The van der Waals surface area contributed by atoms with Crippen molar-refractivity contribution in [2.24, 2.45) is 0 Å². The summed E-state index contributed by atoms with van der Waals surface area (Å²) < 4.78 is 0. The van der Waals surface area contributed by atoms with Crippen LogP contribution in [0, 0.1) is 0 Å². The van der Waals surface area contributed by atoms with Gasteiger partial charge in [0.15, 0.2) is 0 Å². The number of imidazole rings is 1. The molecular weight excluding hydrogens is 188 g/mol. The molecular formula is C11H16N4. The molecule has 0 aliphatic rings. The number of hydrogen-bond donors (Lipinski definition) is 2. The first-order valence-electron chi connectivity index (χ1n) is 5.08. The van der Waals surface area contributed by atoms with Gasteiger partial charge in [0.1, 0.15) is 11.3 Å². The molecule has 4 nitrogen and oxygen atoms in total. The molecule has 80 valence electrons. The van der Waals surface area contributed by atoms with E-state index in [1.807, 2.05) is 6.07 Å². The Balaban J connectivity index is 2.16. The molecule has 2 aromatic heterocycles. The minimum Gasteiger partial charge on any atom is -0.341 e. The third-order valence-electron chi connectivity index (χ3n) is 2.12. The van der Waals surface area contributed by atoms with Gasteiger partial charge in [0.05, 0.1) is 18.3 Å². The van der Waals surface area contributed by atoms with Crippen LogP contribution in [0.15, 0.2) is 18.5 Å². The molecule has 0 amide bonds. The van der Waals surface area contributed by atoms with E-state index in [-0.39, 0.29) is 5.54 Å². The first kappa shape index (κ1) is 10.1. The summed E-state index contributed by atoms with van der Waals surface area (Å²) in [6, 6.07) is 1.93. The van der Waals surface area contributed by atoms with Crippen LogP contribution >= 0.6 is 0 Å². The number of nitrogens with zero attached hydrogens (tertiary/aromatic N) is 2. The summed E-state index contributed by atoms with van der Waals surface area (Å²) in [5.41, 5.74) is 2.07. The Labute approximate surface area is 89.1 Å². The number of nitrogens with one attached hydrogen (secondary N) is 2. The molecule has 15 heavy (non-hydrogen) atoms. The van der Waals surface area contributed by atoms with Gasteiger partial charge in [0, 0.05) is 11.7 Å². The summed E-state index contributed by atoms with van der Waals surface area (Å²) in [5.74, 6) is 0.952. The molecule has 0 fully saturated rings. The fraction of sp³-hybridized carbons (Fsp3) is 0.455. The molecule has 4 heteroatoms. The average molecular weight is 204 g/mol. The minimum absolute atomic E-state index is 0.108. The number of pyridine rings is 1. The van der Waals surface area contributed by atoms with E-state index in [1.165, 1.54) is 0 Å². The zero-order valence-electron chi connectivity index (χ0n) is 9.33. The monoisotopic (exact) mass is 204 g/mol. The first-order chi connectivity index (χ1) is 7.04. The summed E-state index contributed by atoms with van der Waals surface area (Å²) >= 11 is 0. The molecule has 2 rings (SSSR count). The average Bonchev–Trinajstić information content (AvgIpc) is 2.56. The number of H-pyrrole nitrogens is 1. The summed E-state index contributed by atoms with van der Waals surface area (Å²) in [5, 5.41) is 3.38. The van der Waals surface area contributed by atoms with Gasteiger partial charge < -0.3 is 10.3 Å². The van der Waals surface area contributed by atoms with Gasteiger partial charge in [-0.2, -0.15) is 0 Å². The van der Waals surface area contributed by atoms with Crippen LogP contribution in [0.25, 0.3) is 11.0 Å². The Bertz CT molecular complexity index is 420. The normalized spacial score (nSPS) is 12.2. The van der Waals surface area contributed by atoms with Crippen LogP contribution in [-0.2, 0) is 6.54 Å². The molecule has 2 N–H and O–H groups in total. The first-order valence-corrected chi connectivity index (χ1v) is 5.08. The van der Waals surface area contributed by atoms with Gasteiger partial charge in [0.2, 0.25) is 0 Å². The Morgan fingerprint density at radius 3 is 2.87 bits per heavy atom. The van der Waals surface area contributed by atoms with Crippen LogP contribution < -0.4 is 5.32 Å². The smallest absolute Gasteiger partial charge is 0.121 e. The van der Waals surface area contributed by atoms with Crippen molar-refractivity contribution in [3.05, 3.63) is 24.3 Å². The summed E-state index contributed by atoms with van der Waals surface area (Å²) in [6.07, 6.45) is 3.54. The van der Waals surface area contributed by atoms with Crippen molar-refractivity contribution >= 4 is 11.0 Å². The van der Waals surface area contributed by atoms with Crippen LogP contribution in [0.4, 0.5) is 0 Å².